The summed E-state index contributed by atoms with van der Waals surface area (Å²) in [5.41, 5.74) is 2.28. The third kappa shape index (κ3) is 5.52. The predicted octanol–water partition coefficient (Wildman–Crippen LogP) is 2.69. The van der Waals surface area contributed by atoms with Gasteiger partial charge in [0.2, 0.25) is 11.8 Å². The Kier molecular flexibility index (Phi) is 6.18. The van der Waals surface area contributed by atoms with E-state index in [4.69, 9.17) is 0 Å². The van der Waals surface area contributed by atoms with E-state index in [0.717, 1.165) is 15.8 Å². The summed E-state index contributed by atoms with van der Waals surface area (Å²) in [5.74, 6) is -0.537. The van der Waals surface area contributed by atoms with E-state index in [2.05, 4.69) is 26.3 Å². The maximum Gasteiger partial charge on any atom is 0.315 e. The van der Waals surface area contributed by atoms with Crippen molar-refractivity contribution in [1.29, 1.82) is 0 Å². The standard InChI is InChI=1S/C19H19N5O3S/c1-12(25)22-19-24-15-8-7-14(9-16(15)28-19)23-17(26)11-21-18(27)20-10-13-5-3-2-4-6-13/h2-9H,10-11H2,1H3,(H,23,26)(H2,20,21,27)(H,22,24,25). The lowest BCUT2D eigenvalue weighted by Gasteiger charge is -2.08. The number of aromatic nitrogens is 1. The van der Waals surface area contributed by atoms with E-state index in [9.17, 15) is 14.4 Å². The van der Waals surface area contributed by atoms with Gasteiger partial charge in [0.25, 0.3) is 0 Å². The molecule has 0 atom stereocenters. The van der Waals surface area contributed by atoms with E-state index < -0.39 is 6.03 Å². The molecule has 28 heavy (non-hydrogen) atoms. The van der Waals surface area contributed by atoms with Crippen molar-refractivity contribution in [2.24, 2.45) is 0 Å². The van der Waals surface area contributed by atoms with Crippen molar-refractivity contribution in [3.05, 3.63) is 54.1 Å². The number of nitrogens with zero attached hydrogens (tertiary/aromatic N) is 1. The number of carbonyl (C=O) groups excluding carboxylic acids is 3. The van der Waals surface area contributed by atoms with Gasteiger partial charge >= 0.3 is 6.03 Å². The second-order valence-corrected chi connectivity index (χ2v) is 6.98. The molecule has 0 saturated heterocycles. The van der Waals surface area contributed by atoms with Crippen molar-refractivity contribution in [3.8, 4) is 0 Å². The fraction of sp³-hybridized carbons (Fsp3) is 0.158. The van der Waals surface area contributed by atoms with Crippen molar-refractivity contribution in [2.45, 2.75) is 13.5 Å². The van der Waals surface area contributed by atoms with E-state index >= 15 is 0 Å². The fourth-order valence-corrected chi connectivity index (χ4v) is 3.36. The lowest BCUT2D eigenvalue weighted by atomic mass is 10.2. The summed E-state index contributed by atoms with van der Waals surface area (Å²) in [4.78, 5) is 39.3. The zero-order valence-electron chi connectivity index (χ0n) is 15.1. The first-order valence-electron chi connectivity index (χ1n) is 8.53. The average molecular weight is 397 g/mol. The minimum absolute atomic E-state index is 0.154. The van der Waals surface area contributed by atoms with Gasteiger partial charge in [0, 0.05) is 19.2 Å². The summed E-state index contributed by atoms with van der Waals surface area (Å²) < 4.78 is 0.829. The largest absolute Gasteiger partial charge is 0.334 e. The number of hydrogen-bond acceptors (Lipinski definition) is 5. The first-order chi connectivity index (χ1) is 13.5. The Balaban J connectivity index is 1.48. The molecule has 0 saturated carbocycles. The van der Waals surface area contributed by atoms with Crippen LogP contribution >= 0.6 is 11.3 Å². The Hall–Kier alpha value is -3.46. The van der Waals surface area contributed by atoms with Crippen LogP contribution in [0.15, 0.2) is 48.5 Å². The number of benzene rings is 2. The first kappa shape index (κ1) is 19.3. The number of nitrogens with one attached hydrogen (secondary N) is 4. The molecule has 4 amide bonds. The Bertz CT molecular complexity index is 1000. The predicted molar refractivity (Wildman–Crippen MR) is 109 cm³/mol. The molecular weight excluding hydrogens is 378 g/mol. The number of anilines is 2. The summed E-state index contributed by atoms with van der Waals surface area (Å²) in [6.45, 7) is 1.65. The summed E-state index contributed by atoms with van der Waals surface area (Å²) in [6.07, 6.45) is 0. The second-order valence-electron chi connectivity index (χ2n) is 5.95. The number of thiazole rings is 1. The van der Waals surface area contributed by atoms with E-state index in [1.165, 1.54) is 18.3 Å². The van der Waals surface area contributed by atoms with Crippen LogP contribution in [0.5, 0.6) is 0 Å². The van der Waals surface area contributed by atoms with Crippen LogP contribution in [0.4, 0.5) is 15.6 Å². The quantitative estimate of drug-likeness (QED) is 0.512. The Labute approximate surface area is 165 Å². The van der Waals surface area contributed by atoms with Crippen LogP contribution in [0.25, 0.3) is 10.2 Å². The van der Waals surface area contributed by atoms with Crippen LogP contribution in [0, 0.1) is 0 Å². The van der Waals surface area contributed by atoms with Crippen molar-refractivity contribution in [2.75, 3.05) is 17.2 Å². The van der Waals surface area contributed by atoms with Gasteiger partial charge < -0.3 is 21.3 Å². The maximum absolute atomic E-state index is 12.1. The Morgan fingerprint density at radius 3 is 2.54 bits per heavy atom. The molecule has 0 radical (unpaired) electrons. The summed E-state index contributed by atoms with van der Waals surface area (Å²) in [5, 5.41) is 11.1. The molecule has 9 heteroatoms. The fourth-order valence-electron chi connectivity index (χ4n) is 2.41. The molecule has 0 aliphatic carbocycles. The minimum Gasteiger partial charge on any atom is -0.334 e. The summed E-state index contributed by atoms with van der Waals surface area (Å²) in [6, 6.07) is 14.3. The molecule has 3 aromatic rings. The van der Waals surface area contributed by atoms with E-state index in [1.54, 1.807) is 18.2 Å². The third-order valence-electron chi connectivity index (χ3n) is 3.66. The number of rotatable bonds is 6. The smallest absolute Gasteiger partial charge is 0.315 e. The number of amides is 4. The summed E-state index contributed by atoms with van der Waals surface area (Å²) >= 11 is 1.32. The number of fused-ring (bicyclic) bond motifs is 1. The average Bonchev–Trinajstić information content (AvgIpc) is 3.06. The molecule has 1 heterocycles. The molecular formula is C19H19N5O3S. The second kappa shape index (κ2) is 8.96. The lowest BCUT2D eigenvalue weighted by molar-refractivity contribution is -0.115. The monoisotopic (exact) mass is 397 g/mol. The van der Waals surface area contributed by atoms with Crippen LogP contribution in [0.1, 0.15) is 12.5 Å². The van der Waals surface area contributed by atoms with E-state index in [-0.39, 0.29) is 18.4 Å². The van der Waals surface area contributed by atoms with E-state index in [0.29, 0.717) is 17.4 Å². The number of hydrogen-bond donors (Lipinski definition) is 4. The summed E-state index contributed by atoms with van der Waals surface area (Å²) in [7, 11) is 0. The van der Waals surface area contributed by atoms with Crippen molar-refractivity contribution in [1.82, 2.24) is 15.6 Å². The third-order valence-corrected chi connectivity index (χ3v) is 4.59. The van der Waals surface area contributed by atoms with Crippen molar-refractivity contribution in [3.63, 3.8) is 0 Å². The zero-order chi connectivity index (χ0) is 19.9. The number of carbonyl (C=O) groups is 3. The molecule has 144 valence electrons. The highest BCUT2D eigenvalue weighted by Gasteiger charge is 2.09. The van der Waals surface area contributed by atoms with Gasteiger partial charge in [-0.25, -0.2) is 9.78 Å². The van der Waals surface area contributed by atoms with Crippen LogP contribution in [0.2, 0.25) is 0 Å². The van der Waals surface area contributed by atoms with Gasteiger partial charge in [0.1, 0.15) is 0 Å². The van der Waals surface area contributed by atoms with Gasteiger partial charge in [0.15, 0.2) is 5.13 Å². The number of urea groups is 1. The molecule has 0 spiro atoms. The molecule has 2 aromatic carbocycles. The zero-order valence-corrected chi connectivity index (χ0v) is 15.9. The molecule has 0 fully saturated rings. The first-order valence-corrected chi connectivity index (χ1v) is 9.35. The topological polar surface area (TPSA) is 112 Å². The maximum atomic E-state index is 12.1. The normalized spacial score (nSPS) is 10.3. The van der Waals surface area contributed by atoms with Crippen LogP contribution in [0.3, 0.4) is 0 Å². The molecule has 1 aromatic heterocycles. The van der Waals surface area contributed by atoms with Crippen molar-refractivity contribution >= 4 is 50.2 Å². The van der Waals surface area contributed by atoms with Gasteiger partial charge in [-0.2, -0.15) is 0 Å². The highest BCUT2D eigenvalue weighted by atomic mass is 32.1. The lowest BCUT2D eigenvalue weighted by Crippen LogP contribution is -2.39. The molecule has 0 aliphatic rings. The Morgan fingerprint density at radius 1 is 1.00 bits per heavy atom. The molecule has 0 aliphatic heterocycles. The van der Waals surface area contributed by atoms with E-state index in [1.807, 2.05) is 30.3 Å². The molecule has 4 N–H and O–H groups in total. The van der Waals surface area contributed by atoms with Crippen LogP contribution in [-0.2, 0) is 16.1 Å². The molecule has 0 bridgehead atoms. The highest BCUT2D eigenvalue weighted by molar-refractivity contribution is 7.22. The minimum atomic E-state index is -0.420. The SMILES string of the molecule is CC(=O)Nc1nc2ccc(NC(=O)CNC(=O)NCc3ccccc3)cc2s1. The molecule has 8 nitrogen and oxygen atoms in total. The van der Waals surface area contributed by atoms with Gasteiger partial charge in [-0.05, 0) is 23.8 Å². The molecule has 0 unspecified atom stereocenters. The van der Waals surface area contributed by atoms with Gasteiger partial charge in [0.05, 0.1) is 16.8 Å². The molecule has 3 rings (SSSR count). The van der Waals surface area contributed by atoms with Gasteiger partial charge in [-0.15, -0.1) is 0 Å². The van der Waals surface area contributed by atoms with Gasteiger partial charge in [-0.1, -0.05) is 41.7 Å². The van der Waals surface area contributed by atoms with Gasteiger partial charge in [-0.3, -0.25) is 9.59 Å². The highest BCUT2D eigenvalue weighted by Crippen LogP contribution is 2.28. The van der Waals surface area contributed by atoms with Crippen LogP contribution in [-0.4, -0.2) is 29.4 Å². The Morgan fingerprint density at radius 2 is 1.79 bits per heavy atom. The van der Waals surface area contributed by atoms with Crippen molar-refractivity contribution < 1.29 is 14.4 Å². The van der Waals surface area contributed by atoms with Crippen LogP contribution < -0.4 is 21.3 Å².